The second-order valence-electron chi connectivity index (χ2n) is 5.03. The Kier molecular flexibility index (Phi) is 3.24. The van der Waals surface area contributed by atoms with E-state index in [1.807, 2.05) is 0 Å². The molecule has 1 atom stereocenters. The van der Waals surface area contributed by atoms with Crippen molar-refractivity contribution in [3.8, 4) is 17.2 Å². The van der Waals surface area contributed by atoms with E-state index in [0.29, 0.717) is 30.3 Å². The van der Waals surface area contributed by atoms with Gasteiger partial charge in [-0.15, -0.1) is 0 Å². The molecule has 5 nitrogen and oxygen atoms in total. The van der Waals surface area contributed by atoms with Crippen LogP contribution in [0.15, 0.2) is 0 Å². The van der Waals surface area contributed by atoms with Crippen molar-refractivity contribution in [3.63, 3.8) is 0 Å². The molecule has 19 heavy (non-hydrogen) atoms. The third-order valence-electron chi connectivity index (χ3n) is 3.81. The zero-order valence-corrected chi connectivity index (χ0v) is 10.8. The molecule has 2 aliphatic heterocycles. The van der Waals surface area contributed by atoms with Gasteiger partial charge in [0.1, 0.15) is 5.75 Å². The number of aliphatic hydroxyl groups excluding tert-OH is 1. The lowest BCUT2D eigenvalue weighted by Gasteiger charge is -2.30. The lowest BCUT2D eigenvalue weighted by atomic mass is 9.89. The third kappa shape index (κ3) is 1.93. The molecule has 3 rings (SSSR count). The quantitative estimate of drug-likeness (QED) is 0.744. The number of hydrogen-bond acceptors (Lipinski definition) is 5. The second-order valence-corrected chi connectivity index (χ2v) is 5.03. The third-order valence-corrected chi connectivity index (χ3v) is 3.81. The van der Waals surface area contributed by atoms with Crippen LogP contribution in [0, 0.1) is 0 Å². The number of phenolic OH excluding ortho intramolecular Hbond substituents is 1. The predicted molar refractivity (Wildman–Crippen MR) is 69.8 cm³/mol. The number of aromatic hydroxyl groups is 1. The molecule has 0 amide bonds. The number of benzene rings is 1. The molecule has 2 aliphatic rings. The van der Waals surface area contributed by atoms with Gasteiger partial charge in [-0.25, -0.2) is 0 Å². The van der Waals surface area contributed by atoms with Gasteiger partial charge in [-0.3, -0.25) is 0 Å². The van der Waals surface area contributed by atoms with Crippen LogP contribution in [0.4, 0.5) is 0 Å². The average molecular weight is 265 g/mol. The first-order valence-corrected chi connectivity index (χ1v) is 6.78. The number of nitrogens with two attached hydrogens (primary N) is 1. The summed E-state index contributed by atoms with van der Waals surface area (Å²) < 4.78 is 11.3. The minimum absolute atomic E-state index is 0.132. The molecule has 0 saturated carbocycles. The fourth-order valence-corrected chi connectivity index (χ4v) is 2.93. The first kappa shape index (κ1) is 12.6. The molecule has 4 N–H and O–H groups in total. The largest absolute Gasteiger partial charge is 0.504 e. The number of rotatable bonds is 2. The summed E-state index contributed by atoms with van der Waals surface area (Å²) in [6.07, 6.45) is 2.46. The molecule has 0 bridgehead atoms. The first-order chi connectivity index (χ1) is 9.24. The summed E-state index contributed by atoms with van der Waals surface area (Å²) in [5.41, 5.74) is 7.91. The Morgan fingerprint density at radius 3 is 2.37 bits per heavy atom. The minimum atomic E-state index is -0.775. The number of phenols is 1. The van der Waals surface area contributed by atoms with E-state index in [9.17, 15) is 10.2 Å². The number of ether oxygens (including phenoxy) is 2. The van der Waals surface area contributed by atoms with E-state index in [4.69, 9.17) is 15.2 Å². The normalized spacial score (nSPS) is 18.8. The fourth-order valence-electron chi connectivity index (χ4n) is 2.93. The molecule has 0 fully saturated rings. The molecule has 1 aromatic rings. The van der Waals surface area contributed by atoms with Crippen molar-refractivity contribution in [1.82, 2.24) is 0 Å². The topological polar surface area (TPSA) is 84.9 Å². The van der Waals surface area contributed by atoms with Crippen LogP contribution in [-0.2, 0) is 12.8 Å². The van der Waals surface area contributed by atoms with Gasteiger partial charge >= 0.3 is 0 Å². The number of aliphatic hydroxyl groups is 1. The van der Waals surface area contributed by atoms with Gasteiger partial charge in [0.05, 0.1) is 19.3 Å². The maximum atomic E-state index is 10.3. The van der Waals surface area contributed by atoms with Gasteiger partial charge < -0.3 is 25.4 Å². The Bertz CT molecular complexity index is 464. The van der Waals surface area contributed by atoms with Crippen LogP contribution in [0.25, 0.3) is 0 Å². The highest BCUT2D eigenvalue weighted by Crippen LogP contribution is 2.49. The van der Waals surface area contributed by atoms with Gasteiger partial charge in [-0.1, -0.05) is 0 Å². The summed E-state index contributed by atoms with van der Waals surface area (Å²) in [6.45, 7) is 1.34. The van der Waals surface area contributed by atoms with Crippen molar-refractivity contribution >= 4 is 0 Å². The molecule has 104 valence electrons. The maximum Gasteiger partial charge on any atom is 0.165 e. The molecule has 0 aliphatic carbocycles. The summed E-state index contributed by atoms with van der Waals surface area (Å²) in [6, 6.07) is 0. The number of fused-ring (bicyclic) bond motifs is 2. The van der Waals surface area contributed by atoms with Crippen LogP contribution >= 0.6 is 0 Å². The standard InChI is InChI=1S/C14H19NO4/c15-7-10(16)11-8-3-1-6-19-14(8)12(17)9-4-2-5-18-13(9)11/h10,16-17H,1-7,15H2. The Hall–Kier alpha value is -1.46. The predicted octanol–water partition coefficient (Wildman–Crippen LogP) is 1.03. The van der Waals surface area contributed by atoms with Gasteiger partial charge in [0.2, 0.25) is 0 Å². The lowest BCUT2D eigenvalue weighted by molar-refractivity contribution is 0.171. The van der Waals surface area contributed by atoms with Crippen molar-refractivity contribution in [2.45, 2.75) is 31.8 Å². The number of hydrogen-bond donors (Lipinski definition) is 3. The van der Waals surface area contributed by atoms with Crippen molar-refractivity contribution < 1.29 is 19.7 Å². The van der Waals surface area contributed by atoms with E-state index < -0.39 is 6.10 Å². The van der Waals surface area contributed by atoms with Crippen molar-refractivity contribution in [3.05, 3.63) is 16.7 Å². The molecule has 1 aromatic carbocycles. The summed E-state index contributed by atoms with van der Waals surface area (Å²) in [4.78, 5) is 0. The minimum Gasteiger partial charge on any atom is -0.504 e. The molecule has 0 aromatic heterocycles. The molecule has 1 unspecified atom stereocenters. The molecule has 0 spiro atoms. The average Bonchev–Trinajstić information content (AvgIpc) is 2.47. The maximum absolute atomic E-state index is 10.3. The molecule has 2 heterocycles. The Morgan fingerprint density at radius 2 is 1.68 bits per heavy atom. The van der Waals surface area contributed by atoms with Crippen LogP contribution in [0.1, 0.15) is 35.6 Å². The van der Waals surface area contributed by atoms with Crippen LogP contribution < -0.4 is 15.2 Å². The molecule has 0 radical (unpaired) electrons. The summed E-state index contributed by atoms with van der Waals surface area (Å²) in [7, 11) is 0. The van der Waals surface area contributed by atoms with Gasteiger partial charge in [0, 0.05) is 23.2 Å². The first-order valence-electron chi connectivity index (χ1n) is 6.78. The summed E-state index contributed by atoms with van der Waals surface area (Å²) >= 11 is 0. The highest BCUT2D eigenvalue weighted by molar-refractivity contribution is 5.64. The molecule has 5 heteroatoms. The summed E-state index contributed by atoms with van der Waals surface area (Å²) in [5.74, 6) is 1.31. The van der Waals surface area contributed by atoms with Gasteiger partial charge in [0.15, 0.2) is 11.5 Å². The van der Waals surface area contributed by atoms with Crippen molar-refractivity contribution in [2.75, 3.05) is 19.8 Å². The van der Waals surface area contributed by atoms with E-state index in [2.05, 4.69) is 0 Å². The van der Waals surface area contributed by atoms with Crippen molar-refractivity contribution in [1.29, 1.82) is 0 Å². The van der Waals surface area contributed by atoms with E-state index >= 15 is 0 Å². The van der Waals surface area contributed by atoms with E-state index in [0.717, 1.165) is 36.8 Å². The smallest absolute Gasteiger partial charge is 0.165 e. The highest BCUT2D eigenvalue weighted by atomic mass is 16.5. The van der Waals surface area contributed by atoms with Gasteiger partial charge in [-0.05, 0) is 25.7 Å². The lowest BCUT2D eigenvalue weighted by Crippen LogP contribution is -2.21. The monoisotopic (exact) mass is 265 g/mol. The Morgan fingerprint density at radius 1 is 1.05 bits per heavy atom. The van der Waals surface area contributed by atoms with E-state index in [1.165, 1.54) is 0 Å². The zero-order valence-electron chi connectivity index (χ0n) is 10.8. The van der Waals surface area contributed by atoms with Gasteiger partial charge in [-0.2, -0.15) is 0 Å². The Balaban J connectivity index is 2.25. The zero-order chi connectivity index (χ0) is 13.4. The molecule has 0 saturated heterocycles. The second kappa shape index (κ2) is 4.90. The highest BCUT2D eigenvalue weighted by Gasteiger charge is 2.31. The van der Waals surface area contributed by atoms with Crippen LogP contribution in [0.3, 0.4) is 0 Å². The summed E-state index contributed by atoms with van der Waals surface area (Å²) in [5, 5.41) is 20.5. The molecular weight excluding hydrogens is 246 g/mol. The van der Waals surface area contributed by atoms with Crippen molar-refractivity contribution in [2.24, 2.45) is 5.73 Å². The fraction of sp³-hybridized carbons (Fsp3) is 0.571. The Labute approximate surface area is 111 Å². The molecular formula is C14H19NO4. The van der Waals surface area contributed by atoms with E-state index in [1.54, 1.807) is 0 Å². The van der Waals surface area contributed by atoms with Crippen LogP contribution in [-0.4, -0.2) is 30.0 Å². The van der Waals surface area contributed by atoms with E-state index in [-0.39, 0.29) is 12.3 Å². The van der Waals surface area contributed by atoms with Crippen LogP contribution in [0.5, 0.6) is 17.2 Å². The van der Waals surface area contributed by atoms with Gasteiger partial charge in [0.25, 0.3) is 0 Å². The van der Waals surface area contributed by atoms with Crippen LogP contribution in [0.2, 0.25) is 0 Å². The SMILES string of the molecule is NCC(O)c1c2c(c(O)c3c1OCCC3)OCCC2.